The fourth-order valence-electron chi connectivity index (χ4n) is 0.833. The van der Waals surface area contributed by atoms with Gasteiger partial charge in [0.1, 0.15) is 0 Å². The van der Waals surface area contributed by atoms with Gasteiger partial charge in [0.2, 0.25) is 0 Å². The molecule has 56 valence electrons. The zero-order valence-corrected chi connectivity index (χ0v) is 6.86. The second-order valence-corrected chi connectivity index (χ2v) is 2.55. The monoisotopic (exact) mass is 145 g/mol. The maximum absolute atomic E-state index is 3.76. The molecule has 1 aromatic carbocycles. The van der Waals surface area contributed by atoms with Crippen molar-refractivity contribution >= 4 is 5.69 Å². The van der Waals surface area contributed by atoms with Crippen LogP contribution < -0.4 is 5.32 Å². The first-order chi connectivity index (χ1) is 5.20. The highest BCUT2D eigenvalue weighted by Crippen LogP contribution is 2.11. The van der Waals surface area contributed by atoms with E-state index in [1.165, 1.54) is 0 Å². The first-order valence-corrected chi connectivity index (χ1v) is 3.51. The van der Waals surface area contributed by atoms with Crippen LogP contribution in [0, 0.1) is 19.1 Å². The molecule has 1 nitrogen and oxygen atoms in total. The van der Waals surface area contributed by atoms with Crippen LogP contribution in [-0.2, 0) is 0 Å². The quantitative estimate of drug-likeness (QED) is 0.674. The molecule has 0 aliphatic heterocycles. The standard InChI is InChI=1S/C10H11N/c1-8(2)11-10-7-5-4-6-9(10)3/h5,7,11H,1H2,2-3H3. The highest BCUT2D eigenvalue weighted by atomic mass is 14.9. The molecule has 0 bridgehead atoms. The van der Waals surface area contributed by atoms with Crippen LogP contribution in [0.15, 0.2) is 24.4 Å². The van der Waals surface area contributed by atoms with Crippen LogP contribution in [0.1, 0.15) is 12.5 Å². The Morgan fingerprint density at radius 2 is 2.36 bits per heavy atom. The molecule has 0 radical (unpaired) electrons. The molecule has 1 heteroatoms. The number of hydrogen-bond donors (Lipinski definition) is 1. The van der Waals surface area contributed by atoms with E-state index in [9.17, 15) is 0 Å². The maximum Gasteiger partial charge on any atom is 0.0502 e. The minimum atomic E-state index is 0.938. The Hall–Kier alpha value is -1.42. The van der Waals surface area contributed by atoms with Crippen molar-refractivity contribution in [1.29, 1.82) is 0 Å². The van der Waals surface area contributed by atoms with Gasteiger partial charge in [-0.15, -0.1) is 0 Å². The fourth-order valence-corrected chi connectivity index (χ4v) is 0.833. The molecule has 0 aliphatic rings. The molecule has 0 saturated carbocycles. The van der Waals surface area contributed by atoms with Gasteiger partial charge in [-0.25, -0.2) is 0 Å². The third-order valence-electron chi connectivity index (χ3n) is 1.35. The summed E-state index contributed by atoms with van der Waals surface area (Å²) in [6.07, 6.45) is 0. The number of hydrogen-bond acceptors (Lipinski definition) is 1. The van der Waals surface area contributed by atoms with Crippen molar-refractivity contribution in [3.63, 3.8) is 0 Å². The molecule has 0 aliphatic carbocycles. The van der Waals surface area contributed by atoms with Crippen LogP contribution in [-0.4, -0.2) is 0 Å². The van der Waals surface area contributed by atoms with Crippen LogP contribution in [0.4, 0.5) is 5.69 Å². The topological polar surface area (TPSA) is 12.0 Å². The first kappa shape index (κ1) is 7.68. The summed E-state index contributed by atoms with van der Waals surface area (Å²) in [5, 5.41) is 3.13. The van der Waals surface area contributed by atoms with Crippen molar-refractivity contribution in [2.24, 2.45) is 0 Å². The van der Waals surface area contributed by atoms with Crippen molar-refractivity contribution in [1.82, 2.24) is 0 Å². The maximum atomic E-state index is 3.76. The van der Waals surface area contributed by atoms with Gasteiger partial charge in [-0.05, 0) is 26.0 Å². The summed E-state index contributed by atoms with van der Waals surface area (Å²) in [7, 11) is 0. The highest BCUT2D eigenvalue weighted by molar-refractivity contribution is 5.51. The zero-order valence-electron chi connectivity index (χ0n) is 6.86. The number of anilines is 1. The summed E-state index contributed by atoms with van der Waals surface area (Å²) < 4.78 is 0. The zero-order chi connectivity index (χ0) is 8.27. The smallest absolute Gasteiger partial charge is 0.0502 e. The third kappa shape index (κ3) is 2.01. The molecule has 1 N–H and O–H groups in total. The van der Waals surface area contributed by atoms with Gasteiger partial charge in [0.05, 0.1) is 5.69 Å². The Kier molecular flexibility index (Phi) is 2.18. The lowest BCUT2D eigenvalue weighted by atomic mass is 10.2. The lowest BCUT2D eigenvalue weighted by Crippen LogP contribution is -1.94. The van der Waals surface area contributed by atoms with Gasteiger partial charge in [0, 0.05) is 11.3 Å². The van der Waals surface area contributed by atoms with Crippen molar-refractivity contribution in [3.8, 4) is 0 Å². The first-order valence-electron chi connectivity index (χ1n) is 3.51. The molecule has 0 amide bonds. The number of allylic oxidation sites excluding steroid dienone is 1. The molecule has 0 saturated heterocycles. The molecule has 0 aromatic heterocycles. The largest absolute Gasteiger partial charge is 0.359 e. The van der Waals surface area contributed by atoms with Crippen LogP contribution >= 0.6 is 0 Å². The molecular weight excluding hydrogens is 134 g/mol. The molecular formula is C10H11N. The van der Waals surface area contributed by atoms with Crippen LogP contribution in [0.5, 0.6) is 0 Å². The van der Waals surface area contributed by atoms with Gasteiger partial charge in [-0.3, -0.25) is 0 Å². The predicted molar refractivity (Wildman–Crippen MR) is 47.3 cm³/mol. The summed E-state index contributed by atoms with van der Waals surface area (Å²) in [5.41, 5.74) is 3.06. The molecule has 0 unspecified atom stereocenters. The molecule has 1 rings (SSSR count). The fraction of sp³-hybridized carbons (Fsp3) is 0.200. The van der Waals surface area contributed by atoms with Crippen molar-refractivity contribution in [2.75, 3.05) is 5.32 Å². The van der Waals surface area contributed by atoms with E-state index in [0.717, 1.165) is 16.9 Å². The number of nitrogens with one attached hydrogen (secondary N) is 1. The van der Waals surface area contributed by atoms with E-state index in [1.807, 2.05) is 26.0 Å². The second kappa shape index (κ2) is 3.12. The second-order valence-electron chi connectivity index (χ2n) is 2.55. The lowest BCUT2D eigenvalue weighted by Gasteiger charge is -2.04. The van der Waals surface area contributed by atoms with E-state index in [2.05, 4.69) is 24.0 Å². The molecule has 1 aromatic rings. The Morgan fingerprint density at radius 1 is 1.64 bits per heavy atom. The van der Waals surface area contributed by atoms with Crippen LogP contribution in [0.25, 0.3) is 0 Å². The van der Waals surface area contributed by atoms with Crippen molar-refractivity contribution < 1.29 is 0 Å². The molecule has 11 heavy (non-hydrogen) atoms. The Bertz CT molecular complexity index is 263. The minimum Gasteiger partial charge on any atom is -0.359 e. The van der Waals surface area contributed by atoms with E-state index in [-0.39, 0.29) is 0 Å². The molecule has 0 heterocycles. The summed E-state index contributed by atoms with van der Waals surface area (Å²) in [6.45, 7) is 7.67. The van der Waals surface area contributed by atoms with Crippen LogP contribution in [0.3, 0.4) is 0 Å². The van der Waals surface area contributed by atoms with Gasteiger partial charge in [0.25, 0.3) is 0 Å². The average Bonchev–Trinajstić information content (AvgIpc) is 1.93. The minimum absolute atomic E-state index is 0.938. The van der Waals surface area contributed by atoms with Crippen molar-refractivity contribution in [2.45, 2.75) is 13.8 Å². The molecule has 0 spiro atoms. The van der Waals surface area contributed by atoms with E-state index < -0.39 is 0 Å². The van der Waals surface area contributed by atoms with E-state index in [4.69, 9.17) is 0 Å². The normalized spacial score (nSPS) is 8.55. The number of rotatable bonds is 2. The summed E-state index contributed by atoms with van der Waals surface area (Å²) in [6, 6.07) is 9.65. The highest BCUT2D eigenvalue weighted by Gasteiger charge is 1.92. The SMILES string of the molecule is C=C(C)Nc1ccc#cc1C. The van der Waals surface area contributed by atoms with Gasteiger partial charge in [0.15, 0.2) is 0 Å². The Morgan fingerprint density at radius 3 is 2.91 bits per heavy atom. The Balaban J connectivity index is 2.86. The summed E-state index contributed by atoms with van der Waals surface area (Å²) in [4.78, 5) is 0. The van der Waals surface area contributed by atoms with Crippen molar-refractivity contribution in [3.05, 3.63) is 42.1 Å². The predicted octanol–water partition coefficient (Wildman–Crippen LogP) is 2.54. The van der Waals surface area contributed by atoms with E-state index in [1.54, 1.807) is 0 Å². The molecule has 0 fully saturated rings. The summed E-state index contributed by atoms with van der Waals surface area (Å²) >= 11 is 0. The van der Waals surface area contributed by atoms with Gasteiger partial charge in [-0.1, -0.05) is 18.7 Å². The lowest BCUT2D eigenvalue weighted by molar-refractivity contribution is 1.36. The van der Waals surface area contributed by atoms with E-state index in [0.29, 0.717) is 0 Å². The van der Waals surface area contributed by atoms with Crippen LogP contribution in [0.2, 0.25) is 0 Å². The summed E-state index contributed by atoms with van der Waals surface area (Å²) in [5.74, 6) is 0. The molecule has 0 atom stereocenters. The average molecular weight is 145 g/mol. The Labute approximate surface area is 67.8 Å². The third-order valence-corrected chi connectivity index (χ3v) is 1.35. The van der Waals surface area contributed by atoms with Gasteiger partial charge in [-0.2, -0.15) is 0 Å². The van der Waals surface area contributed by atoms with Gasteiger partial charge < -0.3 is 5.32 Å². The van der Waals surface area contributed by atoms with E-state index >= 15 is 0 Å². The van der Waals surface area contributed by atoms with Gasteiger partial charge >= 0.3 is 0 Å².